The van der Waals surface area contributed by atoms with Gasteiger partial charge in [-0.3, -0.25) is 4.90 Å². The second-order valence-electron chi connectivity index (χ2n) is 5.95. The molecule has 1 N–H and O–H groups in total. The Morgan fingerprint density at radius 3 is 2.83 bits per heavy atom. The summed E-state index contributed by atoms with van der Waals surface area (Å²) in [6.07, 6.45) is -0.395. The van der Waals surface area contributed by atoms with E-state index in [2.05, 4.69) is 22.0 Å². The van der Waals surface area contributed by atoms with Crippen LogP contribution < -0.4 is 4.74 Å². The molecule has 124 valence electrons. The molecule has 0 unspecified atom stereocenters. The monoisotopic (exact) mass is 318 g/mol. The Morgan fingerprint density at radius 2 is 2.04 bits per heavy atom. The maximum atomic E-state index is 5.89. The van der Waals surface area contributed by atoms with Crippen molar-refractivity contribution in [2.75, 3.05) is 39.5 Å². The minimum absolute atomic E-state index is 0.120. The Balaban J connectivity index is 1.36. The van der Waals surface area contributed by atoms with Crippen LogP contribution in [0, 0.1) is 0 Å². The summed E-state index contributed by atoms with van der Waals surface area (Å²) in [5.41, 5.74) is 2.01. The molecule has 23 heavy (non-hydrogen) atoms. The number of nitrogens with zero attached hydrogens (tertiary/aromatic N) is 1. The van der Waals surface area contributed by atoms with E-state index in [0.717, 1.165) is 55.2 Å². The molecule has 0 saturated carbocycles. The van der Waals surface area contributed by atoms with Crippen LogP contribution in [-0.2, 0) is 14.2 Å². The van der Waals surface area contributed by atoms with Crippen molar-refractivity contribution in [1.82, 2.24) is 9.88 Å². The number of nitrogens with one attached hydrogen (secondary N) is 1. The van der Waals surface area contributed by atoms with Crippen LogP contribution in [0.4, 0.5) is 0 Å². The summed E-state index contributed by atoms with van der Waals surface area (Å²) in [5, 5.41) is 1.11. The molecule has 2 aromatic rings. The van der Waals surface area contributed by atoms with Gasteiger partial charge in [0.2, 0.25) is 6.29 Å². The van der Waals surface area contributed by atoms with Gasteiger partial charge >= 0.3 is 0 Å². The summed E-state index contributed by atoms with van der Waals surface area (Å²) >= 11 is 0. The van der Waals surface area contributed by atoms with Crippen LogP contribution in [0.15, 0.2) is 24.3 Å². The standard InChI is InChI=1S/C17H22N2O4/c1-12-22-17(23-12)16-11-13-10-14(2-3-15(13)18-16)21-9-6-19-4-7-20-8-5-19/h2-3,10-12,17-18H,4-9H2,1H3. The lowest BCUT2D eigenvalue weighted by atomic mass is 10.2. The van der Waals surface area contributed by atoms with Gasteiger partial charge in [0.15, 0.2) is 6.29 Å². The van der Waals surface area contributed by atoms with Crippen molar-refractivity contribution in [2.45, 2.75) is 19.5 Å². The number of ether oxygens (including phenoxy) is 4. The summed E-state index contributed by atoms with van der Waals surface area (Å²) in [6.45, 7) is 7.13. The third-order valence-electron chi connectivity index (χ3n) is 4.28. The van der Waals surface area contributed by atoms with Gasteiger partial charge in [0.1, 0.15) is 12.4 Å². The van der Waals surface area contributed by atoms with E-state index >= 15 is 0 Å². The van der Waals surface area contributed by atoms with Gasteiger partial charge in [-0.15, -0.1) is 0 Å². The Hall–Kier alpha value is -1.60. The summed E-state index contributed by atoms with van der Waals surface area (Å²) in [6, 6.07) is 8.13. The number of fused-ring (bicyclic) bond motifs is 1. The topological polar surface area (TPSA) is 56.0 Å². The molecule has 2 aliphatic heterocycles. The first-order chi connectivity index (χ1) is 11.3. The maximum absolute atomic E-state index is 5.89. The first-order valence-electron chi connectivity index (χ1n) is 8.14. The molecule has 2 aliphatic rings. The van der Waals surface area contributed by atoms with Crippen LogP contribution in [0.3, 0.4) is 0 Å². The molecule has 0 aliphatic carbocycles. The zero-order valence-corrected chi connectivity index (χ0v) is 13.3. The average molecular weight is 318 g/mol. The minimum atomic E-state index is -0.275. The minimum Gasteiger partial charge on any atom is -0.492 e. The van der Waals surface area contributed by atoms with Gasteiger partial charge in [0, 0.05) is 30.5 Å². The van der Waals surface area contributed by atoms with E-state index < -0.39 is 0 Å². The Bertz CT molecular complexity index is 660. The fraction of sp³-hybridized carbons (Fsp3) is 0.529. The average Bonchev–Trinajstić information content (AvgIpc) is 2.95. The number of H-pyrrole nitrogens is 1. The first-order valence-corrected chi connectivity index (χ1v) is 8.14. The second kappa shape index (κ2) is 6.49. The van der Waals surface area contributed by atoms with Crippen LogP contribution >= 0.6 is 0 Å². The molecule has 3 heterocycles. The van der Waals surface area contributed by atoms with Gasteiger partial charge in [0.05, 0.1) is 18.9 Å². The van der Waals surface area contributed by atoms with E-state index in [1.807, 2.05) is 19.1 Å². The highest BCUT2D eigenvalue weighted by molar-refractivity contribution is 5.82. The quantitative estimate of drug-likeness (QED) is 0.916. The summed E-state index contributed by atoms with van der Waals surface area (Å²) < 4.78 is 22.3. The predicted octanol–water partition coefficient (Wildman–Crippen LogP) is 2.27. The van der Waals surface area contributed by atoms with Gasteiger partial charge in [-0.05, 0) is 31.2 Å². The normalized spacial score (nSPS) is 25.4. The van der Waals surface area contributed by atoms with E-state index in [4.69, 9.17) is 18.9 Å². The van der Waals surface area contributed by atoms with Crippen molar-refractivity contribution in [1.29, 1.82) is 0 Å². The third kappa shape index (κ3) is 3.35. The van der Waals surface area contributed by atoms with Crippen molar-refractivity contribution in [2.24, 2.45) is 0 Å². The fourth-order valence-corrected chi connectivity index (χ4v) is 2.97. The number of benzene rings is 1. The van der Waals surface area contributed by atoms with Crippen LogP contribution in [0.25, 0.3) is 10.9 Å². The molecule has 1 aromatic heterocycles. The molecule has 2 fully saturated rings. The van der Waals surface area contributed by atoms with Crippen LogP contribution in [0.1, 0.15) is 18.9 Å². The number of hydrogen-bond acceptors (Lipinski definition) is 5. The summed E-state index contributed by atoms with van der Waals surface area (Å²) in [7, 11) is 0. The van der Waals surface area contributed by atoms with Gasteiger partial charge in [-0.1, -0.05) is 0 Å². The molecule has 0 spiro atoms. The highest BCUT2D eigenvalue weighted by Crippen LogP contribution is 2.33. The second-order valence-corrected chi connectivity index (χ2v) is 5.95. The highest BCUT2D eigenvalue weighted by Gasteiger charge is 2.29. The van der Waals surface area contributed by atoms with Gasteiger partial charge in [-0.2, -0.15) is 0 Å². The third-order valence-corrected chi connectivity index (χ3v) is 4.28. The van der Waals surface area contributed by atoms with E-state index in [1.165, 1.54) is 0 Å². The molecule has 1 aromatic carbocycles. The lowest BCUT2D eigenvalue weighted by molar-refractivity contribution is -0.383. The first kappa shape index (κ1) is 15.0. The van der Waals surface area contributed by atoms with E-state index in [0.29, 0.717) is 6.61 Å². The van der Waals surface area contributed by atoms with Crippen molar-refractivity contribution < 1.29 is 18.9 Å². The molecule has 0 amide bonds. The number of aromatic amines is 1. The molecule has 4 rings (SSSR count). The van der Waals surface area contributed by atoms with Crippen molar-refractivity contribution >= 4 is 10.9 Å². The van der Waals surface area contributed by atoms with Crippen LogP contribution in [0.2, 0.25) is 0 Å². The molecule has 6 nitrogen and oxygen atoms in total. The molecule has 0 bridgehead atoms. The molecule has 2 saturated heterocycles. The molecular formula is C17H22N2O4. The van der Waals surface area contributed by atoms with E-state index in [-0.39, 0.29) is 12.6 Å². The predicted molar refractivity (Wildman–Crippen MR) is 85.4 cm³/mol. The number of rotatable bonds is 5. The SMILES string of the molecule is CC1OC(c2cc3cc(OCCN4CCOCC4)ccc3[nH]2)O1. The van der Waals surface area contributed by atoms with Crippen LogP contribution in [0.5, 0.6) is 5.75 Å². The van der Waals surface area contributed by atoms with E-state index in [1.54, 1.807) is 0 Å². The molecule has 6 heteroatoms. The number of morpholine rings is 1. The Labute approximate surface area is 135 Å². The lowest BCUT2D eigenvalue weighted by Gasteiger charge is -2.32. The maximum Gasteiger partial charge on any atom is 0.204 e. The summed E-state index contributed by atoms with van der Waals surface area (Å²) in [5.74, 6) is 0.889. The molecule has 0 radical (unpaired) electrons. The number of hydrogen-bond donors (Lipinski definition) is 1. The zero-order chi connectivity index (χ0) is 15.6. The van der Waals surface area contributed by atoms with Gasteiger partial charge < -0.3 is 23.9 Å². The van der Waals surface area contributed by atoms with Gasteiger partial charge in [-0.25, -0.2) is 0 Å². The van der Waals surface area contributed by atoms with Crippen molar-refractivity contribution in [3.63, 3.8) is 0 Å². The lowest BCUT2D eigenvalue weighted by Crippen LogP contribution is -2.38. The number of aromatic nitrogens is 1. The zero-order valence-electron chi connectivity index (χ0n) is 13.3. The van der Waals surface area contributed by atoms with Gasteiger partial charge in [0.25, 0.3) is 0 Å². The fourth-order valence-electron chi connectivity index (χ4n) is 2.97. The van der Waals surface area contributed by atoms with E-state index in [9.17, 15) is 0 Å². The highest BCUT2D eigenvalue weighted by atomic mass is 16.9. The summed E-state index contributed by atoms with van der Waals surface area (Å²) in [4.78, 5) is 5.69. The largest absolute Gasteiger partial charge is 0.492 e. The van der Waals surface area contributed by atoms with Crippen molar-refractivity contribution in [3.8, 4) is 5.75 Å². The van der Waals surface area contributed by atoms with Crippen LogP contribution in [-0.4, -0.2) is 55.6 Å². The molecule has 0 atom stereocenters. The molecular weight excluding hydrogens is 296 g/mol. The Morgan fingerprint density at radius 1 is 1.22 bits per heavy atom. The van der Waals surface area contributed by atoms with Crippen molar-refractivity contribution in [3.05, 3.63) is 30.0 Å². The smallest absolute Gasteiger partial charge is 0.204 e. The Kier molecular flexibility index (Phi) is 4.22.